The van der Waals surface area contributed by atoms with E-state index in [2.05, 4.69) is 15.5 Å². The molecule has 1 heterocycles. The molecule has 0 aliphatic rings. The molecule has 3 rings (SSSR count). The zero-order valence-electron chi connectivity index (χ0n) is 14.9. The lowest BCUT2D eigenvalue weighted by Gasteiger charge is -2.13. The number of aromatic nitrogens is 2. The lowest BCUT2D eigenvalue weighted by atomic mass is 9.97. The minimum absolute atomic E-state index is 0.0334. The summed E-state index contributed by atoms with van der Waals surface area (Å²) in [6.45, 7) is 5.81. The first-order valence-corrected chi connectivity index (χ1v) is 8.34. The predicted molar refractivity (Wildman–Crippen MR) is 101 cm³/mol. The highest BCUT2D eigenvalue weighted by atomic mass is 16.3. The number of anilines is 1. The van der Waals surface area contributed by atoms with E-state index in [0.29, 0.717) is 28.1 Å². The number of benzene rings is 2. The molecule has 134 valence electrons. The molecule has 1 aromatic heterocycles. The second kappa shape index (κ2) is 6.92. The SMILES string of the molecule is Cc1cccc(C(=O)Nc2cn[nH]c2-c2cc(C(C)C)c(O)cc2O)c1. The van der Waals surface area contributed by atoms with Gasteiger partial charge in [-0.1, -0.05) is 31.5 Å². The Bertz CT molecular complexity index is 961. The topological polar surface area (TPSA) is 98.2 Å². The van der Waals surface area contributed by atoms with E-state index >= 15 is 0 Å². The molecular weight excluding hydrogens is 330 g/mol. The molecule has 0 atom stereocenters. The second-order valence-electron chi connectivity index (χ2n) is 6.57. The Kier molecular flexibility index (Phi) is 4.67. The van der Waals surface area contributed by atoms with E-state index in [1.165, 1.54) is 12.3 Å². The minimum Gasteiger partial charge on any atom is -0.508 e. The molecule has 0 saturated heterocycles. The second-order valence-corrected chi connectivity index (χ2v) is 6.57. The smallest absolute Gasteiger partial charge is 0.255 e. The van der Waals surface area contributed by atoms with Crippen LogP contribution in [0, 0.1) is 6.92 Å². The first-order valence-electron chi connectivity index (χ1n) is 8.34. The number of aromatic hydroxyl groups is 2. The molecule has 4 N–H and O–H groups in total. The Morgan fingerprint density at radius 2 is 1.92 bits per heavy atom. The zero-order chi connectivity index (χ0) is 18.8. The first-order chi connectivity index (χ1) is 12.4. The van der Waals surface area contributed by atoms with Crippen molar-refractivity contribution in [3.8, 4) is 22.8 Å². The van der Waals surface area contributed by atoms with Crippen LogP contribution in [0.15, 0.2) is 42.6 Å². The number of amides is 1. The highest BCUT2D eigenvalue weighted by Gasteiger charge is 2.18. The van der Waals surface area contributed by atoms with Crippen molar-refractivity contribution in [3.63, 3.8) is 0 Å². The highest BCUT2D eigenvalue weighted by Crippen LogP contribution is 2.39. The number of phenols is 2. The van der Waals surface area contributed by atoms with Crippen molar-refractivity contribution in [2.45, 2.75) is 26.7 Å². The molecule has 6 heteroatoms. The van der Waals surface area contributed by atoms with Crippen LogP contribution in [0.4, 0.5) is 5.69 Å². The highest BCUT2D eigenvalue weighted by molar-refractivity contribution is 6.06. The van der Waals surface area contributed by atoms with Gasteiger partial charge in [-0.2, -0.15) is 5.10 Å². The van der Waals surface area contributed by atoms with Gasteiger partial charge in [0.25, 0.3) is 5.91 Å². The van der Waals surface area contributed by atoms with Crippen LogP contribution < -0.4 is 5.32 Å². The molecule has 0 radical (unpaired) electrons. The van der Waals surface area contributed by atoms with Crippen LogP contribution in [0.25, 0.3) is 11.3 Å². The Morgan fingerprint density at radius 3 is 2.62 bits per heavy atom. The molecule has 0 aliphatic heterocycles. The Balaban J connectivity index is 1.97. The number of rotatable bonds is 4. The van der Waals surface area contributed by atoms with Crippen LogP contribution >= 0.6 is 0 Å². The van der Waals surface area contributed by atoms with Crippen molar-refractivity contribution in [2.75, 3.05) is 5.32 Å². The van der Waals surface area contributed by atoms with Gasteiger partial charge in [0.15, 0.2) is 0 Å². The standard InChI is InChI=1S/C20H21N3O3/c1-11(2)14-8-15(18(25)9-17(14)24)19-16(10-21-23-19)22-20(26)13-6-4-5-12(3)7-13/h4-11,24-25H,1-3H3,(H,21,23)(H,22,26). The van der Waals surface area contributed by atoms with Gasteiger partial charge in [0, 0.05) is 17.2 Å². The largest absolute Gasteiger partial charge is 0.508 e. The van der Waals surface area contributed by atoms with Crippen LogP contribution in [0.2, 0.25) is 0 Å². The number of aryl methyl sites for hydroxylation is 1. The monoisotopic (exact) mass is 351 g/mol. The quantitative estimate of drug-likeness (QED) is 0.567. The van der Waals surface area contributed by atoms with Gasteiger partial charge in [-0.05, 0) is 36.6 Å². The number of carbonyl (C=O) groups is 1. The number of aromatic amines is 1. The van der Waals surface area contributed by atoms with E-state index in [-0.39, 0.29) is 23.3 Å². The molecule has 2 aromatic carbocycles. The van der Waals surface area contributed by atoms with Gasteiger partial charge in [-0.25, -0.2) is 0 Å². The van der Waals surface area contributed by atoms with E-state index in [9.17, 15) is 15.0 Å². The van der Waals surface area contributed by atoms with Crippen molar-refractivity contribution in [1.29, 1.82) is 0 Å². The molecule has 3 aromatic rings. The maximum Gasteiger partial charge on any atom is 0.255 e. The summed E-state index contributed by atoms with van der Waals surface area (Å²) in [5, 5.41) is 29.9. The number of phenolic OH excluding ortho intramolecular Hbond substituents is 2. The van der Waals surface area contributed by atoms with E-state index in [1.807, 2.05) is 32.9 Å². The Labute approximate surface area is 151 Å². The number of hydrogen-bond acceptors (Lipinski definition) is 4. The molecule has 0 spiro atoms. The summed E-state index contributed by atoms with van der Waals surface area (Å²) in [5.74, 6) is -0.255. The van der Waals surface area contributed by atoms with Gasteiger partial charge < -0.3 is 15.5 Å². The van der Waals surface area contributed by atoms with Gasteiger partial charge in [0.05, 0.1) is 17.6 Å². The fourth-order valence-corrected chi connectivity index (χ4v) is 2.82. The third kappa shape index (κ3) is 3.39. The summed E-state index contributed by atoms with van der Waals surface area (Å²) >= 11 is 0. The van der Waals surface area contributed by atoms with E-state index < -0.39 is 0 Å². The molecule has 0 saturated carbocycles. The lowest BCUT2D eigenvalue weighted by Crippen LogP contribution is -2.12. The summed E-state index contributed by atoms with van der Waals surface area (Å²) in [5.41, 5.74) is 3.61. The van der Waals surface area contributed by atoms with Crippen molar-refractivity contribution in [1.82, 2.24) is 10.2 Å². The number of carbonyl (C=O) groups excluding carboxylic acids is 1. The maximum atomic E-state index is 12.5. The number of hydrogen-bond donors (Lipinski definition) is 4. The molecule has 0 bridgehead atoms. The van der Waals surface area contributed by atoms with Gasteiger partial charge >= 0.3 is 0 Å². The molecule has 26 heavy (non-hydrogen) atoms. The third-order valence-electron chi connectivity index (χ3n) is 4.20. The summed E-state index contributed by atoms with van der Waals surface area (Å²) < 4.78 is 0. The molecule has 0 aliphatic carbocycles. The number of H-pyrrole nitrogens is 1. The van der Waals surface area contributed by atoms with Crippen LogP contribution in [-0.2, 0) is 0 Å². The average molecular weight is 351 g/mol. The van der Waals surface area contributed by atoms with Gasteiger partial charge in [0.2, 0.25) is 0 Å². The summed E-state index contributed by atoms with van der Waals surface area (Å²) in [4.78, 5) is 12.5. The number of nitrogens with one attached hydrogen (secondary N) is 2. The zero-order valence-corrected chi connectivity index (χ0v) is 14.9. The normalized spacial score (nSPS) is 10.9. The van der Waals surface area contributed by atoms with Crippen LogP contribution in [0.1, 0.15) is 41.3 Å². The van der Waals surface area contributed by atoms with Crippen molar-refractivity contribution < 1.29 is 15.0 Å². The Hall–Kier alpha value is -3.28. The van der Waals surface area contributed by atoms with Gasteiger partial charge in [-0.15, -0.1) is 0 Å². The van der Waals surface area contributed by atoms with Crippen LogP contribution in [0.5, 0.6) is 11.5 Å². The number of nitrogens with zero attached hydrogens (tertiary/aromatic N) is 1. The predicted octanol–water partition coefficient (Wildman–Crippen LogP) is 4.17. The van der Waals surface area contributed by atoms with Gasteiger partial charge in [-0.3, -0.25) is 9.89 Å². The van der Waals surface area contributed by atoms with Crippen LogP contribution in [-0.4, -0.2) is 26.3 Å². The molecule has 6 nitrogen and oxygen atoms in total. The van der Waals surface area contributed by atoms with Crippen molar-refractivity contribution in [3.05, 3.63) is 59.3 Å². The fraction of sp³-hybridized carbons (Fsp3) is 0.200. The molecular formula is C20H21N3O3. The van der Waals surface area contributed by atoms with Crippen LogP contribution in [0.3, 0.4) is 0 Å². The van der Waals surface area contributed by atoms with E-state index in [1.54, 1.807) is 18.2 Å². The first kappa shape index (κ1) is 17.5. The van der Waals surface area contributed by atoms with Gasteiger partial charge in [0.1, 0.15) is 11.5 Å². The maximum absolute atomic E-state index is 12.5. The lowest BCUT2D eigenvalue weighted by molar-refractivity contribution is 0.102. The summed E-state index contributed by atoms with van der Waals surface area (Å²) in [6, 6.07) is 10.3. The average Bonchev–Trinajstić information content (AvgIpc) is 3.02. The Morgan fingerprint density at radius 1 is 1.15 bits per heavy atom. The summed E-state index contributed by atoms with van der Waals surface area (Å²) in [7, 11) is 0. The van der Waals surface area contributed by atoms with E-state index in [4.69, 9.17) is 0 Å². The van der Waals surface area contributed by atoms with E-state index in [0.717, 1.165) is 5.56 Å². The fourth-order valence-electron chi connectivity index (χ4n) is 2.82. The molecule has 0 fully saturated rings. The van der Waals surface area contributed by atoms with Crippen molar-refractivity contribution >= 4 is 11.6 Å². The molecule has 0 unspecified atom stereocenters. The van der Waals surface area contributed by atoms with Crippen molar-refractivity contribution in [2.24, 2.45) is 0 Å². The minimum atomic E-state index is -0.265. The summed E-state index contributed by atoms with van der Waals surface area (Å²) in [6.07, 6.45) is 1.49. The third-order valence-corrected chi connectivity index (χ3v) is 4.20. The molecule has 1 amide bonds.